The van der Waals surface area contributed by atoms with E-state index in [2.05, 4.69) is 5.32 Å². The van der Waals surface area contributed by atoms with E-state index in [0.29, 0.717) is 12.0 Å². The van der Waals surface area contributed by atoms with E-state index in [0.717, 1.165) is 18.6 Å². The quantitative estimate of drug-likeness (QED) is 0.923. The van der Waals surface area contributed by atoms with Gasteiger partial charge in [-0.3, -0.25) is 9.59 Å². The highest BCUT2D eigenvalue weighted by atomic mass is 19.2. The number of nitrogens with one attached hydrogen (secondary N) is 1. The zero-order chi connectivity index (χ0) is 15.6. The maximum absolute atomic E-state index is 13.2. The minimum Gasteiger partial charge on any atom is -0.343 e. The predicted molar refractivity (Wildman–Crippen MR) is 73.2 cm³/mol. The number of amides is 2. The summed E-state index contributed by atoms with van der Waals surface area (Å²) in [6, 6.07) is 2.33. The van der Waals surface area contributed by atoms with Crippen LogP contribution in [0.2, 0.25) is 0 Å². The first-order valence-electron chi connectivity index (χ1n) is 6.98. The van der Waals surface area contributed by atoms with Crippen molar-refractivity contribution < 1.29 is 18.4 Å². The first-order chi connectivity index (χ1) is 9.93. The Hall–Kier alpha value is -1.98. The number of benzene rings is 1. The lowest BCUT2D eigenvalue weighted by molar-refractivity contribution is -0.149. The highest BCUT2D eigenvalue weighted by Gasteiger charge is 2.37. The molecule has 1 N–H and O–H groups in total. The lowest BCUT2D eigenvalue weighted by atomic mass is 10.0. The van der Waals surface area contributed by atoms with Crippen LogP contribution in [0.4, 0.5) is 8.78 Å². The molecule has 2 unspecified atom stereocenters. The molecule has 0 bridgehead atoms. The number of hydrogen-bond acceptors (Lipinski definition) is 2. The van der Waals surface area contributed by atoms with Gasteiger partial charge in [-0.15, -0.1) is 0 Å². The fourth-order valence-corrected chi connectivity index (χ4v) is 2.42. The molecule has 0 spiro atoms. The number of hydrogen-bond donors (Lipinski definition) is 1. The van der Waals surface area contributed by atoms with Gasteiger partial charge in [0.15, 0.2) is 11.6 Å². The monoisotopic (exact) mass is 296 g/mol. The molecule has 0 aromatic heterocycles. The summed E-state index contributed by atoms with van der Waals surface area (Å²) in [6.45, 7) is 3.64. The Balaban J connectivity index is 2.20. The Kier molecular flexibility index (Phi) is 4.55. The van der Waals surface area contributed by atoms with Gasteiger partial charge in [-0.25, -0.2) is 8.78 Å². The summed E-state index contributed by atoms with van der Waals surface area (Å²) in [5.41, 5.74) is 0.457. The van der Waals surface area contributed by atoms with Crippen LogP contribution in [0.1, 0.15) is 32.3 Å². The first-order valence-corrected chi connectivity index (χ1v) is 6.98. The number of piperazine rings is 1. The van der Waals surface area contributed by atoms with Gasteiger partial charge in [0.2, 0.25) is 11.8 Å². The molecule has 1 aromatic carbocycles. The minimum absolute atomic E-state index is 0.0881. The van der Waals surface area contributed by atoms with E-state index in [1.807, 2.05) is 6.92 Å². The fraction of sp³-hybridized carbons (Fsp3) is 0.467. The zero-order valence-corrected chi connectivity index (χ0v) is 12.0. The van der Waals surface area contributed by atoms with Crippen LogP contribution in [0, 0.1) is 11.6 Å². The smallest absolute Gasteiger partial charge is 0.246 e. The van der Waals surface area contributed by atoms with Gasteiger partial charge in [-0.1, -0.05) is 19.4 Å². The SMILES string of the molecule is CCCC1NC(=O)C(C)N(Cc2ccc(F)c(F)c2)C1=O. The van der Waals surface area contributed by atoms with Crippen LogP contribution in [-0.2, 0) is 16.1 Å². The van der Waals surface area contributed by atoms with Crippen molar-refractivity contribution in [1.82, 2.24) is 10.2 Å². The summed E-state index contributed by atoms with van der Waals surface area (Å²) in [6.07, 6.45) is 1.33. The molecule has 6 heteroatoms. The molecule has 0 radical (unpaired) electrons. The van der Waals surface area contributed by atoms with Gasteiger partial charge < -0.3 is 10.2 Å². The van der Waals surface area contributed by atoms with Gasteiger partial charge in [-0.05, 0) is 31.0 Å². The molecule has 1 fully saturated rings. The molecule has 0 saturated carbocycles. The molecule has 114 valence electrons. The Labute approximate surface area is 122 Å². The lowest BCUT2D eigenvalue weighted by Crippen LogP contribution is -2.61. The molecule has 2 amide bonds. The van der Waals surface area contributed by atoms with Crippen molar-refractivity contribution >= 4 is 11.8 Å². The van der Waals surface area contributed by atoms with E-state index in [1.165, 1.54) is 11.0 Å². The summed E-state index contributed by atoms with van der Waals surface area (Å²) in [4.78, 5) is 25.7. The molecular weight excluding hydrogens is 278 g/mol. The normalized spacial score (nSPS) is 22.4. The van der Waals surface area contributed by atoms with Crippen LogP contribution < -0.4 is 5.32 Å². The Morgan fingerprint density at radius 2 is 1.95 bits per heavy atom. The average Bonchev–Trinajstić information content (AvgIpc) is 2.45. The standard InChI is InChI=1S/C15H18F2N2O2/c1-3-4-13-15(21)19(9(2)14(20)18-13)8-10-5-6-11(16)12(17)7-10/h5-7,9,13H,3-4,8H2,1-2H3,(H,18,20). The third-order valence-electron chi connectivity index (χ3n) is 3.66. The largest absolute Gasteiger partial charge is 0.343 e. The van der Waals surface area contributed by atoms with Crippen LogP contribution in [0.25, 0.3) is 0 Å². The minimum atomic E-state index is -0.959. The topological polar surface area (TPSA) is 49.4 Å². The van der Waals surface area contributed by atoms with Gasteiger partial charge in [0, 0.05) is 6.54 Å². The Morgan fingerprint density at radius 3 is 2.57 bits per heavy atom. The second-order valence-corrected chi connectivity index (χ2v) is 5.24. The molecule has 1 aliphatic heterocycles. The van der Waals surface area contributed by atoms with E-state index >= 15 is 0 Å². The summed E-state index contributed by atoms with van der Waals surface area (Å²) in [5.74, 6) is -2.30. The van der Waals surface area contributed by atoms with Crippen LogP contribution in [0.15, 0.2) is 18.2 Å². The second kappa shape index (κ2) is 6.20. The van der Waals surface area contributed by atoms with Crippen molar-refractivity contribution in [1.29, 1.82) is 0 Å². The second-order valence-electron chi connectivity index (χ2n) is 5.24. The van der Waals surface area contributed by atoms with Gasteiger partial charge in [0.25, 0.3) is 0 Å². The van der Waals surface area contributed by atoms with Crippen LogP contribution >= 0.6 is 0 Å². The third-order valence-corrected chi connectivity index (χ3v) is 3.66. The van der Waals surface area contributed by atoms with Crippen LogP contribution in [-0.4, -0.2) is 28.8 Å². The van der Waals surface area contributed by atoms with Crippen molar-refractivity contribution in [3.8, 4) is 0 Å². The summed E-state index contributed by atoms with van der Waals surface area (Å²) < 4.78 is 26.2. The lowest BCUT2D eigenvalue weighted by Gasteiger charge is -2.37. The summed E-state index contributed by atoms with van der Waals surface area (Å²) >= 11 is 0. The highest BCUT2D eigenvalue weighted by Crippen LogP contribution is 2.18. The maximum Gasteiger partial charge on any atom is 0.246 e. The van der Waals surface area contributed by atoms with Gasteiger partial charge in [0.05, 0.1) is 0 Å². The van der Waals surface area contributed by atoms with Crippen LogP contribution in [0.3, 0.4) is 0 Å². The molecule has 4 nitrogen and oxygen atoms in total. The van der Waals surface area contributed by atoms with Crippen molar-refractivity contribution in [2.45, 2.75) is 45.3 Å². The molecule has 21 heavy (non-hydrogen) atoms. The number of rotatable bonds is 4. The van der Waals surface area contributed by atoms with E-state index in [9.17, 15) is 18.4 Å². The van der Waals surface area contributed by atoms with Gasteiger partial charge in [-0.2, -0.15) is 0 Å². The Morgan fingerprint density at radius 1 is 1.24 bits per heavy atom. The number of nitrogens with zero attached hydrogens (tertiary/aromatic N) is 1. The van der Waals surface area contributed by atoms with Crippen molar-refractivity contribution in [3.05, 3.63) is 35.4 Å². The molecule has 0 aliphatic carbocycles. The molecule has 1 heterocycles. The zero-order valence-electron chi connectivity index (χ0n) is 12.0. The first kappa shape index (κ1) is 15.4. The highest BCUT2D eigenvalue weighted by molar-refractivity contribution is 5.96. The van der Waals surface area contributed by atoms with Crippen molar-refractivity contribution in [3.63, 3.8) is 0 Å². The average molecular weight is 296 g/mol. The summed E-state index contributed by atoms with van der Waals surface area (Å²) in [7, 11) is 0. The number of carbonyl (C=O) groups excluding carboxylic acids is 2. The molecule has 1 saturated heterocycles. The maximum atomic E-state index is 13.2. The fourth-order valence-electron chi connectivity index (χ4n) is 2.42. The molecular formula is C15H18F2N2O2. The van der Waals surface area contributed by atoms with E-state index in [-0.39, 0.29) is 18.4 Å². The summed E-state index contributed by atoms with van der Waals surface area (Å²) in [5, 5.41) is 2.69. The molecule has 2 rings (SSSR count). The van der Waals surface area contributed by atoms with Crippen molar-refractivity contribution in [2.75, 3.05) is 0 Å². The van der Waals surface area contributed by atoms with E-state index in [1.54, 1.807) is 6.92 Å². The molecule has 2 atom stereocenters. The van der Waals surface area contributed by atoms with Crippen molar-refractivity contribution in [2.24, 2.45) is 0 Å². The molecule has 1 aromatic rings. The van der Waals surface area contributed by atoms with Crippen LogP contribution in [0.5, 0.6) is 0 Å². The number of carbonyl (C=O) groups is 2. The van der Waals surface area contributed by atoms with Gasteiger partial charge >= 0.3 is 0 Å². The van der Waals surface area contributed by atoms with E-state index < -0.39 is 23.7 Å². The predicted octanol–water partition coefficient (Wildman–Crippen LogP) is 1.98. The Bertz CT molecular complexity index is 563. The van der Waals surface area contributed by atoms with E-state index in [4.69, 9.17) is 0 Å². The van der Waals surface area contributed by atoms with Gasteiger partial charge in [0.1, 0.15) is 12.1 Å². The number of halogens is 2. The molecule has 1 aliphatic rings. The third kappa shape index (κ3) is 3.20.